The van der Waals surface area contributed by atoms with E-state index < -0.39 is 0 Å². The van der Waals surface area contributed by atoms with Crippen LogP contribution < -0.4 is 16.0 Å². The third-order valence-corrected chi connectivity index (χ3v) is 7.09. The van der Waals surface area contributed by atoms with Gasteiger partial charge in [-0.15, -0.1) is 0 Å². The number of nitrogens with one attached hydrogen (secondary N) is 3. The van der Waals surface area contributed by atoms with Crippen LogP contribution in [0.3, 0.4) is 0 Å². The molecule has 3 N–H and O–H groups in total. The van der Waals surface area contributed by atoms with Crippen LogP contribution in [-0.4, -0.2) is 61.0 Å². The van der Waals surface area contributed by atoms with Crippen molar-refractivity contribution >= 4 is 11.8 Å². The van der Waals surface area contributed by atoms with Gasteiger partial charge < -0.3 is 10.6 Å². The third-order valence-electron chi connectivity index (χ3n) is 7.09. The van der Waals surface area contributed by atoms with Crippen LogP contribution in [0.25, 0.3) is 0 Å². The van der Waals surface area contributed by atoms with Crippen molar-refractivity contribution in [1.82, 2.24) is 20.9 Å². The SMILES string of the molecule is CC([C@H](C)NC1CCC(=O)NC1=O)N1CCC(CCC2CCNCC2)CC1. The van der Waals surface area contributed by atoms with E-state index in [-0.39, 0.29) is 23.9 Å². The van der Waals surface area contributed by atoms with Gasteiger partial charge in [0.1, 0.15) is 0 Å². The number of rotatable bonds is 7. The van der Waals surface area contributed by atoms with Gasteiger partial charge in [-0.1, -0.05) is 12.8 Å². The van der Waals surface area contributed by atoms with E-state index in [0.717, 1.165) is 11.8 Å². The molecule has 0 aliphatic carbocycles. The predicted molar refractivity (Wildman–Crippen MR) is 107 cm³/mol. The molecular formula is C21H38N4O2. The molecule has 0 aromatic carbocycles. The van der Waals surface area contributed by atoms with E-state index >= 15 is 0 Å². The average Bonchev–Trinajstić information content (AvgIpc) is 2.69. The Morgan fingerprint density at radius 3 is 2.26 bits per heavy atom. The standard InChI is InChI=1S/C21H38N4O2/c1-15(23-19-5-6-20(26)24-21(19)27)16(2)25-13-9-18(10-14-25)4-3-17-7-11-22-12-8-17/h15-19,22-23H,3-14H2,1-2H3,(H,24,26,27)/t15-,16?,19?/m0/s1. The Bertz CT molecular complexity index is 498. The number of carbonyl (C=O) groups is 2. The molecule has 0 spiro atoms. The summed E-state index contributed by atoms with van der Waals surface area (Å²) in [6.07, 6.45) is 9.19. The van der Waals surface area contributed by atoms with Crippen LogP contribution in [0.2, 0.25) is 0 Å². The van der Waals surface area contributed by atoms with E-state index in [1.165, 1.54) is 64.7 Å². The molecule has 0 aromatic heterocycles. The molecule has 154 valence electrons. The molecule has 3 heterocycles. The quantitative estimate of drug-likeness (QED) is 0.588. The largest absolute Gasteiger partial charge is 0.317 e. The Morgan fingerprint density at radius 1 is 1.00 bits per heavy atom. The van der Waals surface area contributed by atoms with Crippen molar-refractivity contribution in [1.29, 1.82) is 0 Å². The second-order valence-electron chi connectivity index (χ2n) is 8.95. The highest BCUT2D eigenvalue weighted by atomic mass is 16.2. The van der Waals surface area contributed by atoms with Crippen molar-refractivity contribution in [3.63, 3.8) is 0 Å². The minimum Gasteiger partial charge on any atom is -0.317 e. The fraction of sp³-hybridized carbons (Fsp3) is 0.905. The van der Waals surface area contributed by atoms with Crippen molar-refractivity contribution < 1.29 is 9.59 Å². The average molecular weight is 379 g/mol. The lowest BCUT2D eigenvalue weighted by Gasteiger charge is -2.40. The maximum absolute atomic E-state index is 12.0. The van der Waals surface area contributed by atoms with Crippen LogP contribution in [0.5, 0.6) is 0 Å². The Kier molecular flexibility index (Phi) is 7.67. The van der Waals surface area contributed by atoms with E-state index in [1.54, 1.807) is 0 Å². The number of amides is 2. The van der Waals surface area contributed by atoms with Gasteiger partial charge in [-0.2, -0.15) is 0 Å². The minimum atomic E-state index is -0.234. The number of hydrogen-bond acceptors (Lipinski definition) is 5. The molecule has 0 aromatic rings. The smallest absolute Gasteiger partial charge is 0.243 e. The first-order valence-corrected chi connectivity index (χ1v) is 11.1. The minimum absolute atomic E-state index is 0.148. The first-order chi connectivity index (χ1) is 13.0. The van der Waals surface area contributed by atoms with Gasteiger partial charge in [0, 0.05) is 18.5 Å². The predicted octanol–water partition coefficient (Wildman–Crippen LogP) is 1.65. The fourth-order valence-corrected chi connectivity index (χ4v) is 4.92. The van der Waals surface area contributed by atoms with Crippen molar-refractivity contribution in [2.75, 3.05) is 26.2 Å². The highest BCUT2D eigenvalue weighted by molar-refractivity contribution is 6.00. The van der Waals surface area contributed by atoms with Crippen molar-refractivity contribution in [2.45, 2.75) is 83.3 Å². The van der Waals surface area contributed by atoms with Gasteiger partial charge in [-0.05, 0) is 84.0 Å². The zero-order valence-corrected chi connectivity index (χ0v) is 17.1. The van der Waals surface area contributed by atoms with Gasteiger partial charge >= 0.3 is 0 Å². The molecule has 3 aliphatic heterocycles. The van der Waals surface area contributed by atoms with E-state index in [0.29, 0.717) is 18.9 Å². The molecule has 6 nitrogen and oxygen atoms in total. The molecule has 0 radical (unpaired) electrons. The van der Waals surface area contributed by atoms with Gasteiger partial charge in [0.2, 0.25) is 11.8 Å². The monoisotopic (exact) mass is 378 g/mol. The first-order valence-electron chi connectivity index (χ1n) is 11.1. The van der Waals surface area contributed by atoms with Gasteiger partial charge in [0.25, 0.3) is 0 Å². The lowest BCUT2D eigenvalue weighted by molar-refractivity contribution is -0.135. The molecular weight excluding hydrogens is 340 g/mol. The normalized spacial score (nSPS) is 28.7. The molecule has 3 fully saturated rings. The first kappa shape index (κ1) is 20.7. The van der Waals surface area contributed by atoms with Gasteiger partial charge in [0.05, 0.1) is 6.04 Å². The number of likely N-dealkylation sites (tertiary alicyclic amines) is 1. The van der Waals surface area contributed by atoms with Crippen LogP contribution in [0, 0.1) is 11.8 Å². The van der Waals surface area contributed by atoms with Crippen LogP contribution in [0.4, 0.5) is 0 Å². The van der Waals surface area contributed by atoms with Gasteiger partial charge in [-0.3, -0.25) is 19.8 Å². The molecule has 6 heteroatoms. The molecule has 0 saturated carbocycles. The number of piperidine rings is 3. The van der Waals surface area contributed by atoms with E-state index in [4.69, 9.17) is 0 Å². The summed E-state index contributed by atoms with van der Waals surface area (Å²) in [6.45, 7) is 9.17. The number of hydrogen-bond donors (Lipinski definition) is 3. The van der Waals surface area contributed by atoms with Crippen LogP contribution in [-0.2, 0) is 9.59 Å². The molecule has 27 heavy (non-hydrogen) atoms. The number of carbonyl (C=O) groups excluding carboxylic acids is 2. The summed E-state index contributed by atoms with van der Waals surface area (Å²) in [6, 6.07) is 0.406. The van der Waals surface area contributed by atoms with Crippen LogP contribution in [0.15, 0.2) is 0 Å². The highest BCUT2D eigenvalue weighted by Crippen LogP contribution is 2.28. The van der Waals surface area contributed by atoms with Crippen molar-refractivity contribution in [3.8, 4) is 0 Å². The lowest BCUT2D eigenvalue weighted by Crippen LogP contribution is -2.57. The zero-order chi connectivity index (χ0) is 19.2. The third kappa shape index (κ3) is 6.00. The van der Waals surface area contributed by atoms with E-state index in [2.05, 4.69) is 34.7 Å². The topological polar surface area (TPSA) is 73.5 Å². The Labute approximate surface area is 164 Å². The van der Waals surface area contributed by atoms with E-state index in [1.807, 2.05) is 0 Å². The lowest BCUT2D eigenvalue weighted by atomic mass is 9.85. The summed E-state index contributed by atoms with van der Waals surface area (Å²) >= 11 is 0. The molecule has 0 bridgehead atoms. The van der Waals surface area contributed by atoms with Crippen LogP contribution >= 0.6 is 0 Å². The Morgan fingerprint density at radius 2 is 1.63 bits per heavy atom. The maximum atomic E-state index is 12.0. The van der Waals surface area contributed by atoms with E-state index in [9.17, 15) is 9.59 Å². The molecule has 3 rings (SSSR count). The summed E-state index contributed by atoms with van der Waals surface area (Å²) in [4.78, 5) is 25.8. The molecule has 3 aliphatic rings. The van der Waals surface area contributed by atoms with Crippen LogP contribution in [0.1, 0.15) is 65.2 Å². The number of nitrogens with zero attached hydrogens (tertiary/aromatic N) is 1. The summed E-state index contributed by atoms with van der Waals surface area (Å²) < 4.78 is 0. The van der Waals surface area contributed by atoms with Gasteiger partial charge in [-0.25, -0.2) is 0 Å². The second kappa shape index (κ2) is 9.99. The Hall–Kier alpha value is -0.980. The zero-order valence-electron chi connectivity index (χ0n) is 17.1. The molecule has 3 saturated heterocycles. The fourth-order valence-electron chi connectivity index (χ4n) is 4.92. The second-order valence-corrected chi connectivity index (χ2v) is 8.95. The molecule has 3 atom stereocenters. The Balaban J connectivity index is 1.36. The maximum Gasteiger partial charge on any atom is 0.243 e. The summed E-state index contributed by atoms with van der Waals surface area (Å²) in [5.41, 5.74) is 0. The molecule has 2 unspecified atom stereocenters. The summed E-state index contributed by atoms with van der Waals surface area (Å²) in [5, 5.41) is 9.36. The van der Waals surface area contributed by atoms with Crippen molar-refractivity contribution in [3.05, 3.63) is 0 Å². The highest BCUT2D eigenvalue weighted by Gasteiger charge is 2.31. The number of imide groups is 1. The summed E-state index contributed by atoms with van der Waals surface area (Å²) in [5.74, 6) is 1.52. The summed E-state index contributed by atoms with van der Waals surface area (Å²) in [7, 11) is 0. The molecule has 2 amide bonds. The van der Waals surface area contributed by atoms with Crippen molar-refractivity contribution in [2.24, 2.45) is 11.8 Å². The van der Waals surface area contributed by atoms with Gasteiger partial charge in [0.15, 0.2) is 0 Å².